The minimum absolute atomic E-state index is 0.678. The highest BCUT2D eigenvalue weighted by atomic mass is 15.1. The maximum atomic E-state index is 3.42. The van der Waals surface area contributed by atoms with Crippen molar-refractivity contribution in [2.75, 3.05) is 20.1 Å². The van der Waals surface area contributed by atoms with Crippen LogP contribution in [0.25, 0.3) is 0 Å². The first-order valence-electron chi connectivity index (χ1n) is 5.77. The molecule has 1 heterocycles. The van der Waals surface area contributed by atoms with Crippen LogP contribution in [0.4, 0.5) is 0 Å². The zero-order valence-corrected chi connectivity index (χ0v) is 10.1. The molecule has 2 N–H and O–H groups in total. The third-order valence-corrected chi connectivity index (χ3v) is 2.96. The molecule has 0 aromatic carbocycles. The van der Waals surface area contributed by atoms with Crippen LogP contribution in [0.5, 0.6) is 0 Å². The lowest BCUT2D eigenvalue weighted by Crippen LogP contribution is -2.34. The second-order valence-corrected chi connectivity index (χ2v) is 4.11. The quantitative estimate of drug-likeness (QED) is 0.671. The average Bonchev–Trinajstić information content (AvgIpc) is 2.75. The first-order valence-corrected chi connectivity index (χ1v) is 5.77. The molecule has 0 bridgehead atoms. The minimum Gasteiger partial charge on any atom is -0.364 e. The van der Waals surface area contributed by atoms with Crippen molar-refractivity contribution in [1.29, 1.82) is 0 Å². The van der Waals surface area contributed by atoms with Gasteiger partial charge in [-0.25, -0.2) is 0 Å². The summed E-state index contributed by atoms with van der Waals surface area (Å²) >= 11 is 0. The second kappa shape index (κ2) is 6.64. The molecule has 3 heteroatoms. The monoisotopic (exact) mass is 209 g/mol. The fraction of sp³-hybridized carbons (Fsp3) is 0.667. The van der Waals surface area contributed by atoms with Crippen molar-refractivity contribution >= 4 is 0 Å². The van der Waals surface area contributed by atoms with Crippen molar-refractivity contribution in [3.8, 4) is 0 Å². The fourth-order valence-corrected chi connectivity index (χ4v) is 1.49. The van der Waals surface area contributed by atoms with E-state index in [1.807, 2.05) is 12.3 Å². The van der Waals surface area contributed by atoms with Gasteiger partial charge in [0, 0.05) is 37.6 Å². The molecule has 1 unspecified atom stereocenters. The molecule has 0 aliphatic rings. The Morgan fingerprint density at radius 2 is 2.33 bits per heavy atom. The second-order valence-electron chi connectivity index (χ2n) is 4.11. The third-order valence-electron chi connectivity index (χ3n) is 2.96. The van der Waals surface area contributed by atoms with Crippen LogP contribution in [0.1, 0.15) is 26.0 Å². The largest absolute Gasteiger partial charge is 0.364 e. The molecule has 0 spiro atoms. The van der Waals surface area contributed by atoms with Gasteiger partial charge in [-0.1, -0.05) is 6.92 Å². The molecule has 1 aromatic heterocycles. The third kappa shape index (κ3) is 4.49. The number of hydrogen-bond donors (Lipinski definition) is 2. The molecule has 0 aliphatic carbocycles. The van der Waals surface area contributed by atoms with Crippen LogP contribution >= 0.6 is 0 Å². The Bertz CT molecular complexity index is 243. The molecule has 1 aromatic rings. The molecular weight excluding hydrogens is 186 g/mol. The standard InChI is InChI=1S/C12H23N3/c1-4-11(2)15(3)9-8-13-10-12-6-5-7-14-12/h5-7,11,13-14H,4,8-10H2,1-3H3. The van der Waals surface area contributed by atoms with Crippen molar-refractivity contribution < 1.29 is 0 Å². The summed E-state index contributed by atoms with van der Waals surface area (Å²) in [6.45, 7) is 7.58. The van der Waals surface area contributed by atoms with Crippen LogP contribution in [0.3, 0.4) is 0 Å². The summed E-state index contributed by atoms with van der Waals surface area (Å²) in [6, 6.07) is 4.81. The summed E-state index contributed by atoms with van der Waals surface area (Å²) in [5.74, 6) is 0. The zero-order valence-electron chi connectivity index (χ0n) is 10.1. The smallest absolute Gasteiger partial charge is 0.0357 e. The Balaban J connectivity index is 2.06. The van der Waals surface area contributed by atoms with E-state index in [4.69, 9.17) is 0 Å². The lowest BCUT2D eigenvalue weighted by atomic mass is 10.2. The number of hydrogen-bond acceptors (Lipinski definition) is 2. The number of nitrogens with one attached hydrogen (secondary N) is 2. The molecule has 1 rings (SSSR count). The molecule has 0 saturated heterocycles. The molecule has 0 saturated carbocycles. The van der Waals surface area contributed by atoms with E-state index < -0.39 is 0 Å². The van der Waals surface area contributed by atoms with Gasteiger partial charge >= 0.3 is 0 Å². The van der Waals surface area contributed by atoms with E-state index in [1.54, 1.807) is 0 Å². The van der Waals surface area contributed by atoms with E-state index in [0.29, 0.717) is 6.04 Å². The van der Waals surface area contributed by atoms with Gasteiger partial charge in [0.25, 0.3) is 0 Å². The first-order chi connectivity index (χ1) is 7.24. The fourth-order valence-electron chi connectivity index (χ4n) is 1.49. The van der Waals surface area contributed by atoms with E-state index in [-0.39, 0.29) is 0 Å². The number of aromatic amines is 1. The van der Waals surface area contributed by atoms with Gasteiger partial charge in [-0.05, 0) is 32.5 Å². The maximum Gasteiger partial charge on any atom is 0.0357 e. The Kier molecular flexibility index (Phi) is 5.43. The van der Waals surface area contributed by atoms with E-state index >= 15 is 0 Å². The lowest BCUT2D eigenvalue weighted by Gasteiger charge is -2.23. The summed E-state index contributed by atoms with van der Waals surface area (Å²) < 4.78 is 0. The van der Waals surface area contributed by atoms with Crippen LogP contribution < -0.4 is 5.32 Å². The van der Waals surface area contributed by atoms with Gasteiger partial charge in [-0.2, -0.15) is 0 Å². The molecule has 3 nitrogen and oxygen atoms in total. The summed E-state index contributed by atoms with van der Waals surface area (Å²) in [5, 5.41) is 3.42. The van der Waals surface area contributed by atoms with Crippen LogP contribution in [0.2, 0.25) is 0 Å². The Morgan fingerprint density at radius 1 is 1.53 bits per heavy atom. The normalized spacial score (nSPS) is 13.3. The minimum atomic E-state index is 0.678. The Labute approximate surface area is 92.9 Å². The molecule has 1 atom stereocenters. The molecule has 0 fully saturated rings. The van der Waals surface area contributed by atoms with Gasteiger partial charge in [-0.15, -0.1) is 0 Å². The molecule has 0 aliphatic heterocycles. The van der Waals surface area contributed by atoms with E-state index in [0.717, 1.165) is 19.6 Å². The Hall–Kier alpha value is -0.800. The predicted molar refractivity (Wildman–Crippen MR) is 64.9 cm³/mol. The molecule has 0 radical (unpaired) electrons. The van der Waals surface area contributed by atoms with Gasteiger partial charge in [0.15, 0.2) is 0 Å². The molecule has 15 heavy (non-hydrogen) atoms. The number of rotatable bonds is 7. The molecular formula is C12H23N3. The highest BCUT2D eigenvalue weighted by Crippen LogP contribution is 1.98. The van der Waals surface area contributed by atoms with Gasteiger partial charge in [-0.3, -0.25) is 0 Å². The summed E-state index contributed by atoms with van der Waals surface area (Å²) in [6.07, 6.45) is 3.18. The SMILES string of the molecule is CCC(C)N(C)CCNCc1ccc[nH]1. The van der Waals surface area contributed by atoms with E-state index in [9.17, 15) is 0 Å². The molecule has 86 valence electrons. The van der Waals surface area contributed by atoms with Gasteiger partial charge in [0.2, 0.25) is 0 Å². The summed E-state index contributed by atoms with van der Waals surface area (Å²) in [5.41, 5.74) is 1.25. The van der Waals surface area contributed by atoms with Crippen LogP contribution in [-0.2, 0) is 6.54 Å². The summed E-state index contributed by atoms with van der Waals surface area (Å²) in [4.78, 5) is 5.57. The van der Waals surface area contributed by atoms with Crippen molar-refractivity contribution in [3.05, 3.63) is 24.0 Å². The van der Waals surface area contributed by atoms with Crippen molar-refractivity contribution in [3.63, 3.8) is 0 Å². The summed E-state index contributed by atoms with van der Waals surface area (Å²) in [7, 11) is 2.19. The zero-order chi connectivity index (χ0) is 11.1. The highest BCUT2D eigenvalue weighted by Gasteiger charge is 2.04. The number of nitrogens with zero attached hydrogens (tertiary/aromatic N) is 1. The first kappa shape index (κ1) is 12.3. The van der Waals surface area contributed by atoms with Gasteiger partial charge in [0.1, 0.15) is 0 Å². The number of H-pyrrole nitrogens is 1. The van der Waals surface area contributed by atoms with Gasteiger partial charge in [0.05, 0.1) is 0 Å². The van der Waals surface area contributed by atoms with Crippen LogP contribution in [0.15, 0.2) is 18.3 Å². The average molecular weight is 209 g/mol. The predicted octanol–water partition coefficient (Wildman–Crippen LogP) is 1.83. The number of likely N-dealkylation sites (N-methyl/N-ethyl adjacent to an activating group) is 1. The van der Waals surface area contributed by atoms with Gasteiger partial charge < -0.3 is 15.2 Å². The van der Waals surface area contributed by atoms with Crippen LogP contribution in [-0.4, -0.2) is 36.1 Å². The van der Waals surface area contributed by atoms with Crippen molar-refractivity contribution in [1.82, 2.24) is 15.2 Å². The Morgan fingerprint density at radius 3 is 2.93 bits per heavy atom. The van der Waals surface area contributed by atoms with E-state index in [2.05, 4.69) is 42.2 Å². The lowest BCUT2D eigenvalue weighted by molar-refractivity contribution is 0.251. The van der Waals surface area contributed by atoms with Crippen molar-refractivity contribution in [2.24, 2.45) is 0 Å². The maximum absolute atomic E-state index is 3.42. The van der Waals surface area contributed by atoms with Crippen molar-refractivity contribution in [2.45, 2.75) is 32.9 Å². The van der Waals surface area contributed by atoms with E-state index in [1.165, 1.54) is 12.1 Å². The highest BCUT2D eigenvalue weighted by molar-refractivity contribution is 5.02. The topological polar surface area (TPSA) is 31.1 Å². The molecule has 0 amide bonds. The van der Waals surface area contributed by atoms with Crippen LogP contribution in [0, 0.1) is 0 Å². The number of aromatic nitrogens is 1.